The van der Waals surface area contributed by atoms with Crippen molar-refractivity contribution in [2.75, 3.05) is 11.4 Å². The number of aromatic hydroxyl groups is 2. The van der Waals surface area contributed by atoms with Crippen molar-refractivity contribution in [2.45, 2.75) is 39.0 Å². The van der Waals surface area contributed by atoms with Gasteiger partial charge in [-0.05, 0) is 103 Å². The van der Waals surface area contributed by atoms with Gasteiger partial charge in [0.2, 0.25) is 23.6 Å². The molecule has 6 unspecified atom stereocenters. The summed E-state index contributed by atoms with van der Waals surface area (Å²) < 4.78 is 2.61. The lowest BCUT2D eigenvalue weighted by Crippen LogP contribution is -2.49. The van der Waals surface area contributed by atoms with Gasteiger partial charge in [-0.1, -0.05) is 65.7 Å². The maximum atomic E-state index is 15.4. The van der Waals surface area contributed by atoms with Crippen molar-refractivity contribution in [3.63, 3.8) is 0 Å². The lowest BCUT2D eigenvalue weighted by molar-refractivity contribution is -0.140. The van der Waals surface area contributed by atoms with Gasteiger partial charge in [0.25, 0.3) is 0 Å². The number of thiophene rings is 1. The quantitative estimate of drug-likeness (QED) is 0.128. The van der Waals surface area contributed by atoms with Gasteiger partial charge in [0, 0.05) is 40.9 Å². The van der Waals surface area contributed by atoms with E-state index in [9.17, 15) is 19.8 Å². The predicted molar refractivity (Wildman–Crippen MR) is 223 cm³/mol. The number of carbonyl (C=O) groups excluding carboxylic acids is 4. The van der Waals surface area contributed by atoms with Crippen LogP contribution in [0, 0.1) is 36.0 Å². The van der Waals surface area contributed by atoms with Crippen LogP contribution in [0.15, 0.2) is 96.6 Å². The summed E-state index contributed by atoms with van der Waals surface area (Å²) in [7, 11) is 1.72. The van der Waals surface area contributed by atoms with E-state index < -0.39 is 46.8 Å². The highest BCUT2D eigenvalue weighted by Gasteiger charge is 2.68. The molecule has 58 heavy (non-hydrogen) atoms. The van der Waals surface area contributed by atoms with Crippen LogP contribution in [-0.4, -0.2) is 55.1 Å². The van der Waals surface area contributed by atoms with Crippen molar-refractivity contribution >= 4 is 73.2 Å². The van der Waals surface area contributed by atoms with Crippen LogP contribution >= 0.6 is 22.9 Å². The molecule has 1 saturated carbocycles. The van der Waals surface area contributed by atoms with Crippen molar-refractivity contribution in [1.29, 1.82) is 0 Å². The molecular weight excluding hydrogens is 772 g/mol. The van der Waals surface area contributed by atoms with Gasteiger partial charge < -0.3 is 10.2 Å². The summed E-state index contributed by atoms with van der Waals surface area (Å²) in [4.78, 5) is 62.5. The summed E-state index contributed by atoms with van der Waals surface area (Å²) >= 11 is 7.91. The Morgan fingerprint density at radius 2 is 1.67 bits per heavy atom. The van der Waals surface area contributed by atoms with Gasteiger partial charge in [0.15, 0.2) is 0 Å². The summed E-state index contributed by atoms with van der Waals surface area (Å²) in [5, 5.41) is 29.7. The van der Waals surface area contributed by atoms with Gasteiger partial charge in [-0.25, -0.2) is 4.90 Å². The number of imide groups is 2. The minimum atomic E-state index is -1.35. The molecule has 2 saturated heterocycles. The average molecular weight is 811 g/mol. The zero-order chi connectivity index (χ0) is 40.4. The number of nitrogens with zero attached hydrogens (tertiary/aromatic N) is 4. The fourth-order valence-electron chi connectivity index (χ4n) is 10.5. The Morgan fingerprint density at radius 3 is 2.47 bits per heavy atom. The van der Waals surface area contributed by atoms with Gasteiger partial charge in [0.05, 0.1) is 28.0 Å². The van der Waals surface area contributed by atoms with Crippen molar-refractivity contribution in [3.05, 3.63) is 118 Å². The van der Waals surface area contributed by atoms with Crippen molar-refractivity contribution in [1.82, 2.24) is 14.7 Å². The molecule has 10 rings (SSSR count). The van der Waals surface area contributed by atoms with Crippen LogP contribution in [0.5, 0.6) is 11.5 Å². The molecule has 4 heterocycles. The fourth-order valence-corrected chi connectivity index (χ4v) is 11.9. The Hall–Kier alpha value is -5.78. The first kappa shape index (κ1) is 36.6. The number of phenols is 2. The average Bonchev–Trinajstić information content (AvgIpc) is 3.88. The van der Waals surface area contributed by atoms with Crippen molar-refractivity contribution in [3.8, 4) is 22.1 Å². The second-order valence-electron chi connectivity index (χ2n) is 16.3. The van der Waals surface area contributed by atoms with Crippen LogP contribution in [0.25, 0.3) is 31.4 Å². The van der Waals surface area contributed by atoms with E-state index in [1.54, 1.807) is 59.5 Å². The largest absolute Gasteiger partial charge is 0.508 e. The monoisotopic (exact) mass is 810 g/mol. The second kappa shape index (κ2) is 13.1. The molecule has 0 bridgehead atoms. The van der Waals surface area contributed by atoms with E-state index in [1.807, 2.05) is 68.5 Å². The van der Waals surface area contributed by atoms with Crippen LogP contribution in [0.4, 0.5) is 5.82 Å². The van der Waals surface area contributed by atoms with E-state index in [4.69, 9.17) is 16.7 Å². The molecule has 2 aliphatic carbocycles. The minimum absolute atomic E-state index is 0.00134. The number of amides is 4. The Labute approximate surface area is 342 Å². The standard InChI is InChI=1S/C46H39ClN4O6S/c1-23-31-20-26(47)11-17-36(31)58-41(23)34-22-37(49(3)48-34)51-43(55)33-21-32-29(40(46(33,2)45(51)57)39-28-7-5-4-6-25(28)10-16-35(39)53)14-15-30-38(32)44(56)50(42(30)54)19-18-24-8-12-27(52)13-9-24/h4-14,16-17,20,22,30,32-33,38,40,52-53H,15,18-19,21H2,1-3H3. The number of hydrogen-bond donors (Lipinski definition) is 2. The smallest absolute Gasteiger partial charge is 0.242 e. The van der Waals surface area contributed by atoms with Crippen molar-refractivity contribution in [2.24, 2.45) is 36.1 Å². The van der Waals surface area contributed by atoms with Gasteiger partial charge in [-0.3, -0.25) is 28.8 Å². The molecule has 12 heteroatoms. The van der Waals surface area contributed by atoms with Gasteiger partial charge in [-0.15, -0.1) is 11.3 Å². The van der Waals surface area contributed by atoms with E-state index in [0.717, 1.165) is 42.4 Å². The van der Waals surface area contributed by atoms with Crippen molar-refractivity contribution < 1.29 is 29.4 Å². The summed E-state index contributed by atoms with van der Waals surface area (Å²) in [6.07, 6.45) is 2.93. The zero-order valence-corrected chi connectivity index (χ0v) is 33.6. The number of carbonyl (C=O) groups is 4. The molecule has 2 aromatic heterocycles. The fraction of sp³-hybridized carbons (Fsp3) is 0.283. The van der Waals surface area contributed by atoms with Gasteiger partial charge in [0.1, 0.15) is 23.0 Å². The van der Waals surface area contributed by atoms with Crippen LogP contribution in [0.1, 0.15) is 42.4 Å². The number of phenolic OH excluding ortho intramolecular Hbond substituents is 2. The number of hydrogen-bond acceptors (Lipinski definition) is 8. The first-order chi connectivity index (χ1) is 27.9. The van der Waals surface area contributed by atoms with E-state index in [-0.39, 0.29) is 36.3 Å². The number of likely N-dealkylation sites (tertiary alicyclic amines) is 1. The topological polar surface area (TPSA) is 133 Å². The van der Waals surface area contributed by atoms with Crippen LogP contribution < -0.4 is 4.90 Å². The molecule has 6 aromatic rings. The number of aromatic nitrogens is 2. The van der Waals surface area contributed by atoms with Crippen LogP contribution in [0.3, 0.4) is 0 Å². The van der Waals surface area contributed by atoms with E-state index in [2.05, 4.69) is 0 Å². The molecular formula is C46H39ClN4O6S. The number of benzene rings is 4. The number of fused-ring (bicyclic) bond motifs is 6. The Kier molecular flexibility index (Phi) is 8.27. The second-order valence-corrected chi connectivity index (χ2v) is 17.8. The summed E-state index contributed by atoms with van der Waals surface area (Å²) in [6, 6.07) is 25.4. The van der Waals surface area contributed by atoms with E-state index >= 15 is 9.59 Å². The first-order valence-electron chi connectivity index (χ1n) is 19.5. The summed E-state index contributed by atoms with van der Waals surface area (Å²) in [6.45, 7) is 4.02. The zero-order valence-electron chi connectivity index (χ0n) is 32.0. The number of halogens is 1. The lowest BCUT2D eigenvalue weighted by Gasteiger charge is -2.49. The molecule has 2 N–H and O–H groups in total. The highest BCUT2D eigenvalue weighted by atomic mass is 35.5. The first-order valence-corrected chi connectivity index (χ1v) is 20.7. The van der Waals surface area contributed by atoms with Crippen LogP contribution in [0.2, 0.25) is 5.02 Å². The normalized spacial score (nSPS) is 25.4. The maximum Gasteiger partial charge on any atom is 0.242 e. The minimum Gasteiger partial charge on any atom is -0.508 e. The Morgan fingerprint density at radius 1 is 0.897 bits per heavy atom. The van der Waals surface area contributed by atoms with E-state index in [1.165, 1.54) is 9.80 Å². The van der Waals surface area contributed by atoms with Gasteiger partial charge in [-0.2, -0.15) is 5.10 Å². The molecule has 10 nitrogen and oxygen atoms in total. The Balaban J connectivity index is 1.08. The molecule has 2 aliphatic heterocycles. The molecule has 4 aromatic carbocycles. The van der Waals surface area contributed by atoms with E-state index in [0.29, 0.717) is 34.9 Å². The summed E-state index contributed by atoms with van der Waals surface area (Å²) in [5.41, 5.74) is 2.49. The molecule has 0 spiro atoms. The third kappa shape index (κ3) is 5.18. The molecule has 6 atom stereocenters. The molecule has 3 fully saturated rings. The lowest BCUT2D eigenvalue weighted by atomic mass is 9.51. The summed E-state index contributed by atoms with van der Waals surface area (Å²) in [5.74, 6) is -4.34. The number of aryl methyl sites for hydroxylation is 2. The van der Waals surface area contributed by atoms with Crippen LogP contribution in [-0.2, 0) is 32.6 Å². The molecule has 292 valence electrons. The predicted octanol–water partition coefficient (Wildman–Crippen LogP) is 8.30. The number of allylic oxidation sites excluding steroid dienone is 2. The number of anilines is 1. The maximum absolute atomic E-state index is 15.4. The molecule has 4 amide bonds. The third-order valence-corrected chi connectivity index (χ3v) is 14.9. The molecule has 4 aliphatic rings. The number of rotatable bonds is 6. The highest BCUT2D eigenvalue weighted by molar-refractivity contribution is 7.22. The van der Waals surface area contributed by atoms with Gasteiger partial charge >= 0.3 is 0 Å². The molecule has 0 radical (unpaired) electrons. The Bertz CT molecular complexity index is 2810. The third-order valence-electron chi connectivity index (χ3n) is 13.4. The SMILES string of the molecule is Cc1c(-c2cc(N3C(=O)C4CC5C(=CCC6C(=O)N(CCc7ccc(O)cc7)C(=O)C65)C(c5c(O)ccc6ccccc56)C4(C)C3=O)n(C)n2)sc2ccc(Cl)cc12. The highest BCUT2D eigenvalue weighted by Crippen LogP contribution is 2.65.